The van der Waals surface area contributed by atoms with Crippen molar-refractivity contribution in [2.75, 3.05) is 5.32 Å². The Morgan fingerprint density at radius 2 is 2.21 bits per heavy atom. The molecule has 2 aromatic heterocycles. The number of nitrogens with one attached hydrogen (secondary N) is 1. The number of amides is 1. The lowest BCUT2D eigenvalue weighted by atomic mass is 10.1. The number of carbonyl (C=O) groups is 1. The summed E-state index contributed by atoms with van der Waals surface area (Å²) in [6, 6.07) is 6.58. The standard InChI is InChI=1S/C17H19FN4OS/c1-4-22-13(9-11(21-22)8-10(2)3)16(23)20-17-19-15-12(18)6-5-7-14(15)24-17/h5-7,9-10H,4,8H2,1-3H3,(H,19,20,23). The number of anilines is 1. The first kappa shape index (κ1) is 16.6. The summed E-state index contributed by atoms with van der Waals surface area (Å²) >= 11 is 1.25. The molecule has 0 saturated heterocycles. The smallest absolute Gasteiger partial charge is 0.275 e. The molecule has 5 nitrogen and oxygen atoms in total. The Hall–Kier alpha value is -2.28. The van der Waals surface area contributed by atoms with E-state index < -0.39 is 0 Å². The molecule has 0 aliphatic rings. The molecule has 3 aromatic rings. The highest BCUT2D eigenvalue weighted by Crippen LogP contribution is 2.27. The number of benzene rings is 1. The Kier molecular flexibility index (Phi) is 4.62. The van der Waals surface area contributed by atoms with E-state index in [9.17, 15) is 9.18 Å². The second-order valence-corrected chi connectivity index (χ2v) is 7.03. The third kappa shape index (κ3) is 3.31. The SMILES string of the molecule is CCn1nc(CC(C)C)cc1C(=O)Nc1nc2c(F)cccc2s1. The molecule has 0 bridgehead atoms. The van der Waals surface area contributed by atoms with Crippen LogP contribution in [0, 0.1) is 11.7 Å². The minimum Gasteiger partial charge on any atom is -0.296 e. The van der Waals surface area contributed by atoms with Gasteiger partial charge in [-0.3, -0.25) is 14.8 Å². The van der Waals surface area contributed by atoms with Gasteiger partial charge in [0.05, 0.1) is 10.4 Å². The average molecular weight is 346 g/mol. The number of aryl methyl sites for hydroxylation is 1. The van der Waals surface area contributed by atoms with Crippen molar-refractivity contribution in [1.82, 2.24) is 14.8 Å². The maximum Gasteiger partial charge on any atom is 0.275 e. The van der Waals surface area contributed by atoms with Crippen molar-refractivity contribution >= 4 is 32.6 Å². The molecule has 0 spiro atoms. The zero-order chi connectivity index (χ0) is 17.3. The van der Waals surface area contributed by atoms with E-state index in [1.54, 1.807) is 16.8 Å². The quantitative estimate of drug-likeness (QED) is 0.756. The molecule has 126 valence electrons. The van der Waals surface area contributed by atoms with Crippen LogP contribution in [0.25, 0.3) is 10.2 Å². The predicted molar refractivity (Wildman–Crippen MR) is 94.0 cm³/mol. The molecule has 0 radical (unpaired) electrons. The summed E-state index contributed by atoms with van der Waals surface area (Å²) < 4.78 is 16.1. The first-order valence-electron chi connectivity index (χ1n) is 7.91. The average Bonchev–Trinajstić information content (AvgIpc) is 3.10. The van der Waals surface area contributed by atoms with Gasteiger partial charge < -0.3 is 0 Å². The Bertz CT molecular complexity index is 884. The van der Waals surface area contributed by atoms with Crippen LogP contribution >= 0.6 is 11.3 Å². The molecule has 1 N–H and O–H groups in total. The summed E-state index contributed by atoms with van der Waals surface area (Å²) in [5.74, 6) is -0.200. The van der Waals surface area contributed by atoms with Crippen molar-refractivity contribution in [3.8, 4) is 0 Å². The number of thiazole rings is 1. The zero-order valence-corrected chi connectivity index (χ0v) is 14.7. The maximum atomic E-state index is 13.7. The van der Waals surface area contributed by atoms with Crippen LogP contribution in [0.1, 0.15) is 37.0 Å². The van der Waals surface area contributed by atoms with Crippen LogP contribution in [-0.4, -0.2) is 20.7 Å². The van der Waals surface area contributed by atoms with Crippen LogP contribution < -0.4 is 5.32 Å². The van der Waals surface area contributed by atoms with E-state index in [4.69, 9.17) is 0 Å². The van der Waals surface area contributed by atoms with E-state index in [0.29, 0.717) is 28.0 Å². The van der Waals surface area contributed by atoms with Gasteiger partial charge >= 0.3 is 0 Å². The summed E-state index contributed by atoms with van der Waals surface area (Å²) in [6.45, 7) is 6.77. The van der Waals surface area contributed by atoms with E-state index >= 15 is 0 Å². The molecule has 0 unspecified atom stereocenters. The van der Waals surface area contributed by atoms with Crippen LogP contribution in [0.4, 0.5) is 9.52 Å². The topological polar surface area (TPSA) is 59.8 Å². The number of rotatable bonds is 5. The summed E-state index contributed by atoms with van der Waals surface area (Å²) in [5.41, 5.74) is 1.67. The van der Waals surface area contributed by atoms with Crippen molar-refractivity contribution in [1.29, 1.82) is 0 Å². The van der Waals surface area contributed by atoms with E-state index in [1.165, 1.54) is 17.4 Å². The molecule has 0 aliphatic heterocycles. The largest absolute Gasteiger partial charge is 0.296 e. The van der Waals surface area contributed by atoms with E-state index in [1.807, 2.05) is 13.0 Å². The summed E-state index contributed by atoms with van der Waals surface area (Å²) in [7, 11) is 0. The van der Waals surface area contributed by atoms with Crippen LogP contribution in [0.2, 0.25) is 0 Å². The monoisotopic (exact) mass is 346 g/mol. The zero-order valence-electron chi connectivity index (χ0n) is 13.8. The predicted octanol–water partition coefficient (Wildman–Crippen LogP) is 4.10. The minimum atomic E-state index is -0.387. The van der Waals surface area contributed by atoms with E-state index in [-0.39, 0.29) is 17.2 Å². The van der Waals surface area contributed by atoms with Gasteiger partial charge in [-0.05, 0) is 37.5 Å². The van der Waals surface area contributed by atoms with Gasteiger partial charge in [0.2, 0.25) is 0 Å². The van der Waals surface area contributed by atoms with Gasteiger partial charge in [0.25, 0.3) is 5.91 Å². The second-order valence-electron chi connectivity index (χ2n) is 5.99. The minimum absolute atomic E-state index is 0.279. The fraction of sp³-hybridized carbons (Fsp3) is 0.353. The van der Waals surface area contributed by atoms with Crippen molar-refractivity contribution in [3.63, 3.8) is 0 Å². The summed E-state index contributed by atoms with van der Waals surface area (Å²) in [5, 5.41) is 7.61. The number of para-hydroxylation sites is 1. The van der Waals surface area contributed by atoms with Crippen molar-refractivity contribution in [2.24, 2.45) is 5.92 Å². The fourth-order valence-electron chi connectivity index (χ4n) is 2.54. The molecule has 1 aromatic carbocycles. The third-order valence-electron chi connectivity index (χ3n) is 3.57. The van der Waals surface area contributed by atoms with Gasteiger partial charge in [0, 0.05) is 6.54 Å². The first-order chi connectivity index (χ1) is 11.5. The molecule has 24 heavy (non-hydrogen) atoms. The molecule has 1 amide bonds. The summed E-state index contributed by atoms with van der Waals surface area (Å²) in [4.78, 5) is 16.7. The highest BCUT2D eigenvalue weighted by molar-refractivity contribution is 7.22. The van der Waals surface area contributed by atoms with Crippen molar-refractivity contribution < 1.29 is 9.18 Å². The first-order valence-corrected chi connectivity index (χ1v) is 8.72. The highest BCUT2D eigenvalue weighted by atomic mass is 32.1. The van der Waals surface area contributed by atoms with Crippen LogP contribution in [0.3, 0.4) is 0 Å². The number of halogens is 1. The second kappa shape index (κ2) is 6.68. The number of carbonyl (C=O) groups excluding carboxylic acids is 1. The molecule has 7 heteroatoms. The summed E-state index contributed by atoms with van der Waals surface area (Å²) in [6.07, 6.45) is 0.819. The lowest BCUT2D eigenvalue weighted by Crippen LogP contribution is -2.17. The van der Waals surface area contributed by atoms with Crippen LogP contribution in [0.15, 0.2) is 24.3 Å². The lowest BCUT2D eigenvalue weighted by Gasteiger charge is -2.03. The number of hydrogen-bond acceptors (Lipinski definition) is 4. The Morgan fingerprint density at radius 1 is 1.42 bits per heavy atom. The molecule has 0 saturated carbocycles. The number of nitrogens with zero attached hydrogens (tertiary/aromatic N) is 3. The molecular formula is C17H19FN4OS. The Balaban J connectivity index is 1.85. The third-order valence-corrected chi connectivity index (χ3v) is 4.51. The Morgan fingerprint density at radius 3 is 2.88 bits per heavy atom. The molecule has 0 atom stereocenters. The highest BCUT2D eigenvalue weighted by Gasteiger charge is 2.17. The maximum absolute atomic E-state index is 13.7. The molecular weight excluding hydrogens is 327 g/mol. The van der Waals surface area contributed by atoms with Crippen LogP contribution in [0.5, 0.6) is 0 Å². The van der Waals surface area contributed by atoms with Crippen molar-refractivity contribution in [3.05, 3.63) is 41.5 Å². The van der Waals surface area contributed by atoms with Crippen LogP contribution in [-0.2, 0) is 13.0 Å². The normalized spacial score (nSPS) is 11.4. The van der Waals surface area contributed by atoms with E-state index in [0.717, 1.165) is 12.1 Å². The lowest BCUT2D eigenvalue weighted by molar-refractivity contribution is 0.101. The van der Waals surface area contributed by atoms with Gasteiger partial charge in [-0.2, -0.15) is 5.10 Å². The van der Waals surface area contributed by atoms with Gasteiger partial charge in [0.1, 0.15) is 17.0 Å². The number of hydrogen-bond donors (Lipinski definition) is 1. The Labute approximate surface area is 143 Å². The van der Waals surface area contributed by atoms with Gasteiger partial charge in [-0.15, -0.1) is 0 Å². The van der Waals surface area contributed by atoms with Crippen molar-refractivity contribution in [2.45, 2.75) is 33.7 Å². The van der Waals surface area contributed by atoms with Gasteiger partial charge in [-0.25, -0.2) is 9.37 Å². The van der Waals surface area contributed by atoms with Gasteiger partial charge in [0.15, 0.2) is 5.13 Å². The molecule has 3 rings (SSSR count). The molecule has 0 fully saturated rings. The number of fused-ring (bicyclic) bond motifs is 1. The molecule has 2 heterocycles. The van der Waals surface area contributed by atoms with E-state index in [2.05, 4.69) is 29.2 Å². The van der Waals surface area contributed by atoms with Gasteiger partial charge in [-0.1, -0.05) is 31.3 Å². The molecule has 0 aliphatic carbocycles. The number of aromatic nitrogens is 3. The fourth-order valence-corrected chi connectivity index (χ4v) is 3.42.